The van der Waals surface area contributed by atoms with Gasteiger partial charge in [-0.2, -0.15) is 0 Å². The molecule has 0 radical (unpaired) electrons. The lowest BCUT2D eigenvalue weighted by atomic mass is 10.1. The van der Waals surface area contributed by atoms with Crippen LogP contribution in [-0.2, 0) is 19.2 Å². The number of hydrogen-bond acceptors (Lipinski definition) is 6. The molecule has 0 unspecified atom stereocenters. The summed E-state index contributed by atoms with van der Waals surface area (Å²) in [6, 6.07) is -2.32. The molecule has 2 atom stereocenters. The van der Waals surface area contributed by atoms with Gasteiger partial charge in [0.15, 0.2) is 5.96 Å². The van der Waals surface area contributed by atoms with E-state index < -0.39 is 42.3 Å². The van der Waals surface area contributed by atoms with Gasteiger partial charge in [-0.15, -0.1) is 0 Å². The highest BCUT2D eigenvalue weighted by molar-refractivity contribution is 5.87. The van der Waals surface area contributed by atoms with Crippen molar-refractivity contribution in [3.05, 3.63) is 0 Å². The molecule has 0 fully saturated rings. The Balaban J connectivity index is 4.09. The maximum absolute atomic E-state index is 11.7. The molecule has 0 aromatic heterocycles. The third-order valence-corrected chi connectivity index (χ3v) is 2.97. The second-order valence-electron chi connectivity index (χ2n) is 5.15. The van der Waals surface area contributed by atoms with Gasteiger partial charge in [-0.25, -0.2) is 4.79 Å². The molecule has 0 bridgehead atoms. The summed E-state index contributed by atoms with van der Waals surface area (Å²) in [5, 5.41) is 21.9. The summed E-state index contributed by atoms with van der Waals surface area (Å²) in [6.45, 7) is 0.275. The number of hydrogen-bond donors (Lipinski definition) is 7. The van der Waals surface area contributed by atoms with Crippen LogP contribution in [0.1, 0.15) is 25.7 Å². The smallest absolute Gasteiger partial charge is 0.326 e. The van der Waals surface area contributed by atoms with Crippen molar-refractivity contribution in [3.63, 3.8) is 0 Å². The number of carbonyl (C=O) groups excluding carboxylic acids is 2. The van der Waals surface area contributed by atoms with E-state index in [4.69, 9.17) is 27.4 Å². The van der Waals surface area contributed by atoms with Crippen LogP contribution in [0.3, 0.4) is 0 Å². The molecule has 0 aliphatic rings. The number of amides is 2. The first kappa shape index (κ1) is 22.1. The predicted octanol–water partition coefficient (Wildman–Crippen LogP) is -3.08. The molecule has 12 heteroatoms. The van der Waals surface area contributed by atoms with E-state index in [1.165, 1.54) is 0 Å². The maximum Gasteiger partial charge on any atom is 0.326 e. The topological polar surface area (TPSA) is 223 Å². The van der Waals surface area contributed by atoms with Gasteiger partial charge in [0.1, 0.15) is 6.04 Å². The van der Waals surface area contributed by atoms with Crippen molar-refractivity contribution in [2.45, 2.75) is 37.8 Å². The molecule has 25 heavy (non-hydrogen) atoms. The number of carboxylic acid groups (broad SMARTS) is 2. The van der Waals surface area contributed by atoms with E-state index >= 15 is 0 Å². The Hall–Kier alpha value is -2.89. The van der Waals surface area contributed by atoms with Crippen LogP contribution in [0.4, 0.5) is 0 Å². The number of guanidine groups is 1. The van der Waals surface area contributed by atoms with Crippen LogP contribution in [0, 0.1) is 0 Å². The molecule has 0 aromatic rings. The number of carbonyl (C=O) groups is 4. The normalized spacial score (nSPS) is 12.5. The lowest BCUT2D eigenvalue weighted by Gasteiger charge is -2.14. The van der Waals surface area contributed by atoms with E-state index in [0.717, 1.165) is 0 Å². The molecule has 0 aliphatic carbocycles. The summed E-state index contributed by atoms with van der Waals surface area (Å²) in [5.41, 5.74) is 16.0. The first-order valence-corrected chi connectivity index (χ1v) is 7.46. The van der Waals surface area contributed by atoms with Crippen LogP contribution >= 0.6 is 0 Å². The van der Waals surface area contributed by atoms with Gasteiger partial charge in [-0.3, -0.25) is 19.4 Å². The van der Waals surface area contributed by atoms with Crippen LogP contribution in [0.5, 0.6) is 0 Å². The molecule has 10 N–H and O–H groups in total. The number of nitrogens with zero attached hydrogens (tertiary/aromatic N) is 1. The Morgan fingerprint density at radius 2 is 1.76 bits per heavy atom. The number of aliphatic imine (C=N–C) groups is 1. The van der Waals surface area contributed by atoms with Crippen molar-refractivity contribution in [3.8, 4) is 0 Å². The van der Waals surface area contributed by atoms with Gasteiger partial charge in [-0.05, 0) is 12.8 Å². The van der Waals surface area contributed by atoms with E-state index in [1.807, 2.05) is 0 Å². The minimum atomic E-state index is -1.53. The van der Waals surface area contributed by atoms with Crippen LogP contribution in [0.2, 0.25) is 0 Å². The summed E-state index contributed by atoms with van der Waals surface area (Å²) >= 11 is 0. The zero-order valence-corrected chi connectivity index (χ0v) is 13.6. The SMILES string of the molecule is NC(N)=NCCC[C@H](N)C(=O)NCCC(=O)N[C@@H](CC(=O)O)C(=O)O. The monoisotopic (exact) mass is 360 g/mol. The third kappa shape index (κ3) is 11.3. The van der Waals surface area contributed by atoms with Gasteiger partial charge >= 0.3 is 11.9 Å². The molecule has 2 amide bonds. The molecular weight excluding hydrogens is 336 g/mol. The first-order chi connectivity index (χ1) is 11.6. The number of nitrogens with two attached hydrogens (primary N) is 3. The summed E-state index contributed by atoms with van der Waals surface area (Å²) in [7, 11) is 0. The molecule has 0 saturated heterocycles. The van der Waals surface area contributed by atoms with E-state index in [9.17, 15) is 19.2 Å². The third-order valence-electron chi connectivity index (χ3n) is 2.97. The van der Waals surface area contributed by atoms with Crippen LogP contribution in [0.25, 0.3) is 0 Å². The Morgan fingerprint density at radius 1 is 1.12 bits per heavy atom. The minimum Gasteiger partial charge on any atom is -0.481 e. The molecule has 0 spiro atoms. The van der Waals surface area contributed by atoms with Crippen LogP contribution in [-0.4, -0.2) is 65.1 Å². The summed E-state index contributed by atoms with van der Waals surface area (Å²) < 4.78 is 0. The van der Waals surface area contributed by atoms with E-state index in [2.05, 4.69) is 15.6 Å². The van der Waals surface area contributed by atoms with E-state index in [-0.39, 0.29) is 18.9 Å². The van der Waals surface area contributed by atoms with E-state index in [0.29, 0.717) is 19.4 Å². The molecule has 0 aromatic carbocycles. The second kappa shape index (κ2) is 11.6. The standard InChI is InChI=1S/C13H24N6O6/c14-7(2-1-4-18-13(15)16)11(23)17-5-3-9(20)19-8(12(24)25)6-10(21)22/h7-8H,1-6,14H2,(H,17,23)(H,19,20)(H,21,22)(H,24,25)(H4,15,16,18)/t7-,8-/m0/s1. The quantitative estimate of drug-likeness (QED) is 0.106. The molecule has 0 aliphatic heterocycles. The number of aliphatic carboxylic acids is 2. The molecule has 0 saturated carbocycles. The fraction of sp³-hybridized carbons (Fsp3) is 0.615. The van der Waals surface area contributed by atoms with Gasteiger partial charge in [0.2, 0.25) is 11.8 Å². The molecular formula is C13H24N6O6. The molecule has 12 nitrogen and oxygen atoms in total. The van der Waals surface area contributed by atoms with Gasteiger partial charge in [0.25, 0.3) is 0 Å². The lowest BCUT2D eigenvalue weighted by molar-refractivity contribution is -0.147. The van der Waals surface area contributed by atoms with E-state index in [1.54, 1.807) is 0 Å². The zero-order valence-electron chi connectivity index (χ0n) is 13.6. The Bertz CT molecular complexity index is 519. The average Bonchev–Trinajstić information content (AvgIpc) is 2.49. The largest absolute Gasteiger partial charge is 0.481 e. The fourth-order valence-corrected chi connectivity index (χ4v) is 1.72. The second-order valence-corrected chi connectivity index (χ2v) is 5.15. The first-order valence-electron chi connectivity index (χ1n) is 7.46. The van der Waals surface area contributed by atoms with Crippen molar-refractivity contribution in [1.82, 2.24) is 10.6 Å². The summed E-state index contributed by atoms with van der Waals surface area (Å²) in [5.74, 6) is -4.03. The van der Waals surface area contributed by atoms with Gasteiger partial charge in [-0.1, -0.05) is 0 Å². The summed E-state index contributed by atoms with van der Waals surface area (Å²) in [4.78, 5) is 48.4. The highest BCUT2D eigenvalue weighted by atomic mass is 16.4. The van der Waals surface area contributed by atoms with Gasteiger partial charge in [0, 0.05) is 19.5 Å². The highest BCUT2D eigenvalue weighted by Crippen LogP contribution is 1.96. The van der Waals surface area contributed by atoms with Crippen LogP contribution < -0.4 is 27.8 Å². The summed E-state index contributed by atoms with van der Waals surface area (Å²) in [6.07, 6.45) is -0.110. The van der Waals surface area contributed by atoms with Gasteiger partial charge < -0.3 is 38.0 Å². The maximum atomic E-state index is 11.7. The van der Waals surface area contributed by atoms with Crippen molar-refractivity contribution in [1.29, 1.82) is 0 Å². The fourth-order valence-electron chi connectivity index (χ4n) is 1.72. The average molecular weight is 360 g/mol. The molecule has 142 valence electrons. The lowest BCUT2D eigenvalue weighted by Crippen LogP contribution is -2.45. The highest BCUT2D eigenvalue weighted by Gasteiger charge is 2.23. The number of nitrogens with one attached hydrogen (secondary N) is 2. The van der Waals surface area contributed by atoms with Crippen molar-refractivity contribution >= 4 is 29.7 Å². The molecule has 0 heterocycles. The number of rotatable bonds is 12. The van der Waals surface area contributed by atoms with Crippen molar-refractivity contribution in [2.24, 2.45) is 22.2 Å². The minimum absolute atomic E-state index is 0.0494. The van der Waals surface area contributed by atoms with Gasteiger partial charge in [0.05, 0.1) is 12.5 Å². The number of carboxylic acids is 2. The zero-order chi connectivity index (χ0) is 19.4. The van der Waals surface area contributed by atoms with Crippen LogP contribution in [0.15, 0.2) is 4.99 Å². The molecule has 0 rings (SSSR count). The Labute approximate surface area is 143 Å². The van der Waals surface area contributed by atoms with Crippen molar-refractivity contribution in [2.75, 3.05) is 13.1 Å². The Kier molecular flexibility index (Phi) is 10.3. The predicted molar refractivity (Wildman–Crippen MR) is 87.3 cm³/mol. The Morgan fingerprint density at radius 3 is 2.28 bits per heavy atom. The van der Waals surface area contributed by atoms with Crippen molar-refractivity contribution < 1.29 is 29.4 Å².